The van der Waals surface area contributed by atoms with Crippen molar-refractivity contribution in [3.63, 3.8) is 0 Å². The second-order valence-electron chi connectivity index (χ2n) is 5.18. The normalized spacial score (nSPS) is 27.3. The zero-order valence-electron chi connectivity index (χ0n) is 9.96. The Morgan fingerprint density at radius 1 is 1.44 bits per heavy atom. The van der Waals surface area contributed by atoms with Crippen LogP contribution in [0.3, 0.4) is 0 Å². The van der Waals surface area contributed by atoms with Crippen LogP contribution in [0.1, 0.15) is 25.8 Å². The first-order chi connectivity index (χ1) is 7.41. The molecule has 0 amide bonds. The smallest absolute Gasteiger partial charge is 0.123 e. The molecular formula is C13H18BrNO. The fourth-order valence-electron chi connectivity index (χ4n) is 1.97. The van der Waals surface area contributed by atoms with Gasteiger partial charge in [-0.3, -0.25) is 0 Å². The Bertz CT molecular complexity index is 403. The van der Waals surface area contributed by atoms with E-state index in [-0.39, 0.29) is 17.6 Å². The molecule has 0 heterocycles. The van der Waals surface area contributed by atoms with E-state index in [0.717, 1.165) is 16.6 Å². The van der Waals surface area contributed by atoms with Crippen molar-refractivity contribution in [2.45, 2.75) is 39.3 Å². The minimum Gasteiger partial charge on any atom is -0.489 e. The van der Waals surface area contributed by atoms with Crippen LogP contribution in [0, 0.1) is 12.3 Å². The van der Waals surface area contributed by atoms with E-state index in [1.165, 1.54) is 5.56 Å². The van der Waals surface area contributed by atoms with Crippen LogP contribution in [-0.2, 0) is 0 Å². The van der Waals surface area contributed by atoms with Crippen molar-refractivity contribution in [1.82, 2.24) is 0 Å². The number of nitrogens with two attached hydrogens (primary N) is 1. The standard InChI is InChI=1S/C13H18BrNO/c1-8-4-5-9(14)6-10(8)16-12-7-11(15)13(12,2)3/h4-6,11-12H,7,15H2,1-3H3. The molecule has 0 aromatic heterocycles. The molecule has 1 saturated carbocycles. The number of rotatable bonds is 2. The molecule has 2 rings (SSSR count). The molecule has 2 unspecified atom stereocenters. The Morgan fingerprint density at radius 3 is 2.69 bits per heavy atom. The van der Waals surface area contributed by atoms with Crippen molar-refractivity contribution >= 4 is 15.9 Å². The van der Waals surface area contributed by atoms with E-state index in [1.807, 2.05) is 12.1 Å². The molecule has 1 aromatic carbocycles. The molecule has 0 aliphatic heterocycles. The summed E-state index contributed by atoms with van der Waals surface area (Å²) in [5.41, 5.74) is 7.22. The van der Waals surface area contributed by atoms with E-state index < -0.39 is 0 Å². The first-order valence-electron chi connectivity index (χ1n) is 5.59. The van der Waals surface area contributed by atoms with Crippen LogP contribution in [0.4, 0.5) is 0 Å². The molecule has 0 bridgehead atoms. The lowest BCUT2D eigenvalue weighted by molar-refractivity contribution is -0.0403. The second-order valence-corrected chi connectivity index (χ2v) is 6.10. The molecule has 0 spiro atoms. The van der Waals surface area contributed by atoms with Gasteiger partial charge in [-0.15, -0.1) is 0 Å². The van der Waals surface area contributed by atoms with Crippen molar-refractivity contribution in [3.8, 4) is 5.75 Å². The predicted octanol–water partition coefficient (Wildman–Crippen LogP) is 3.26. The summed E-state index contributed by atoms with van der Waals surface area (Å²) in [6.45, 7) is 6.39. The Hall–Kier alpha value is -0.540. The Morgan fingerprint density at radius 2 is 2.12 bits per heavy atom. The largest absolute Gasteiger partial charge is 0.489 e. The number of aryl methyl sites for hydroxylation is 1. The first kappa shape index (κ1) is 11.9. The molecule has 0 radical (unpaired) electrons. The monoisotopic (exact) mass is 283 g/mol. The van der Waals surface area contributed by atoms with Gasteiger partial charge in [0.1, 0.15) is 11.9 Å². The minimum atomic E-state index is 0.0781. The van der Waals surface area contributed by atoms with Gasteiger partial charge >= 0.3 is 0 Å². The molecule has 1 fully saturated rings. The van der Waals surface area contributed by atoms with Crippen LogP contribution >= 0.6 is 15.9 Å². The average Bonchev–Trinajstić information content (AvgIpc) is 2.23. The molecule has 1 aliphatic rings. The average molecular weight is 284 g/mol. The van der Waals surface area contributed by atoms with Crippen LogP contribution in [0.25, 0.3) is 0 Å². The third-order valence-electron chi connectivity index (χ3n) is 3.67. The highest BCUT2D eigenvalue weighted by atomic mass is 79.9. The molecular weight excluding hydrogens is 266 g/mol. The summed E-state index contributed by atoms with van der Waals surface area (Å²) in [7, 11) is 0. The molecule has 1 aliphatic carbocycles. The summed E-state index contributed by atoms with van der Waals surface area (Å²) >= 11 is 3.46. The van der Waals surface area contributed by atoms with Gasteiger partial charge in [0.15, 0.2) is 0 Å². The lowest BCUT2D eigenvalue weighted by Crippen LogP contribution is -2.60. The van der Waals surface area contributed by atoms with Crippen molar-refractivity contribution < 1.29 is 4.74 Å². The molecule has 1 aromatic rings. The van der Waals surface area contributed by atoms with E-state index in [1.54, 1.807) is 0 Å². The van der Waals surface area contributed by atoms with Gasteiger partial charge < -0.3 is 10.5 Å². The van der Waals surface area contributed by atoms with Crippen LogP contribution in [0.2, 0.25) is 0 Å². The highest BCUT2D eigenvalue weighted by molar-refractivity contribution is 9.10. The number of halogens is 1. The van der Waals surface area contributed by atoms with Gasteiger partial charge in [-0.2, -0.15) is 0 Å². The zero-order valence-corrected chi connectivity index (χ0v) is 11.5. The fourth-order valence-corrected chi connectivity index (χ4v) is 2.31. The Labute approximate surface area is 105 Å². The maximum Gasteiger partial charge on any atom is 0.123 e. The highest BCUT2D eigenvalue weighted by Gasteiger charge is 2.48. The van der Waals surface area contributed by atoms with Crippen molar-refractivity contribution in [3.05, 3.63) is 28.2 Å². The molecule has 2 atom stereocenters. The highest BCUT2D eigenvalue weighted by Crippen LogP contribution is 2.42. The Kier molecular flexibility index (Phi) is 3.01. The van der Waals surface area contributed by atoms with Gasteiger partial charge in [0.25, 0.3) is 0 Å². The molecule has 0 saturated heterocycles. The molecule has 2 nitrogen and oxygen atoms in total. The summed E-state index contributed by atoms with van der Waals surface area (Å²) in [5.74, 6) is 0.958. The summed E-state index contributed by atoms with van der Waals surface area (Å²) in [6.07, 6.45) is 1.18. The van der Waals surface area contributed by atoms with Gasteiger partial charge in [-0.05, 0) is 24.6 Å². The maximum absolute atomic E-state index is 6.04. The first-order valence-corrected chi connectivity index (χ1v) is 6.39. The van der Waals surface area contributed by atoms with Crippen molar-refractivity contribution in [2.24, 2.45) is 11.1 Å². The fraction of sp³-hybridized carbons (Fsp3) is 0.538. The van der Waals surface area contributed by atoms with Crippen molar-refractivity contribution in [1.29, 1.82) is 0 Å². The third kappa shape index (κ3) is 1.98. The second kappa shape index (κ2) is 4.04. The van der Waals surface area contributed by atoms with Crippen LogP contribution < -0.4 is 10.5 Å². The van der Waals surface area contributed by atoms with Crippen LogP contribution in [0.15, 0.2) is 22.7 Å². The number of hydrogen-bond acceptors (Lipinski definition) is 2. The summed E-state index contributed by atoms with van der Waals surface area (Å²) in [6, 6.07) is 6.37. The third-order valence-corrected chi connectivity index (χ3v) is 4.17. The quantitative estimate of drug-likeness (QED) is 0.904. The number of benzene rings is 1. The molecule has 16 heavy (non-hydrogen) atoms. The lowest BCUT2D eigenvalue weighted by atomic mass is 9.65. The topological polar surface area (TPSA) is 35.2 Å². The zero-order chi connectivity index (χ0) is 11.9. The van der Waals surface area contributed by atoms with Gasteiger partial charge in [0, 0.05) is 22.4 Å². The molecule has 88 valence electrons. The molecule has 3 heteroatoms. The lowest BCUT2D eigenvalue weighted by Gasteiger charge is -2.49. The summed E-state index contributed by atoms with van der Waals surface area (Å²) in [4.78, 5) is 0. The van der Waals surface area contributed by atoms with E-state index in [4.69, 9.17) is 10.5 Å². The van der Waals surface area contributed by atoms with Gasteiger partial charge in [0.2, 0.25) is 0 Å². The molecule has 2 N–H and O–H groups in total. The predicted molar refractivity (Wildman–Crippen MR) is 69.7 cm³/mol. The van der Waals surface area contributed by atoms with E-state index in [9.17, 15) is 0 Å². The number of hydrogen-bond donors (Lipinski definition) is 1. The minimum absolute atomic E-state index is 0.0781. The van der Waals surface area contributed by atoms with Crippen LogP contribution in [-0.4, -0.2) is 12.1 Å². The summed E-state index contributed by atoms with van der Waals surface area (Å²) in [5, 5.41) is 0. The number of ether oxygens (including phenoxy) is 1. The SMILES string of the molecule is Cc1ccc(Br)cc1OC1CC(N)C1(C)C. The van der Waals surface area contributed by atoms with Crippen LogP contribution in [0.5, 0.6) is 5.75 Å². The van der Waals surface area contributed by atoms with Gasteiger partial charge in [0.05, 0.1) is 0 Å². The maximum atomic E-state index is 6.04. The van der Waals surface area contributed by atoms with Gasteiger partial charge in [-0.25, -0.2) is 0 Å². The summed E-state index contributed by atoms with van der Waals surface area (Å²) < 4.78 is 7.09. The van der Waals surface area contributed by atoms with E-state index in [0.29, 0.717) is 0 Å². The Balaban J connectivity index is 2.13. The van der Waals surface area contributed by atoms with E-state index >= 15 is 0 Å². The van der Waals surface area contributed by atoms with E-state index in [2.05, 4.69) is 42.8 Å². The van der Waals surface area contributed by atoms with Gasteiger partial charge in [-0.1, -0.05) is 35.8 Å². The van der Waals surface area contributed by atoms with Crippen molar-refractivity contribution in [2.75, 3.05) is 0 Å².